The minimum absolute atomic E-state index is 0.171. The number of carbonyl (C=O) groups is 1. The smallest absolute Gasteiger partial charge is 0.349 e. The number of carboxylic acid groups (broad SMARTS) is 1. The number of ether oxygens (including phenoxy) is 3. The summed E-state index contributed by atoms with van der Waals surface area (Å²) >= 11 is 1.20. The Hall–Kier alpha value is -2.73. The molecule has 0 amide bonds. The zero-order valence-electron chi connectivity index (χ0n) is 15.9. The summed E-state index contributed by atoms with van der Waals surface area (Å²) in [4.78, 5) is 12.0. The number of hydrogen-bond acceptors (Lipinski definition) is 5. The van der Waals surface area contributed by atoms with Gasteiger partial charge in [-0.2, -0.15) is 0 Å². The van der Waals surface area contributed by atoms with Crippen molar-refractivity contribution in [3.8, 4) is 23.0 Å². The molecule has 1 N–H and O–H groups in total. The SMILES string of the molecule is COc1cc2c(Oc3cccc(OC4CCCC4)c3)c(C(=O)O)sc2cc1C. The second-order valence-electron chi connectivity index (χ2n) is 6.98. The van der Waals surface area contributed by atoms with Gasteiger partial charge in [0, 0.05) is 16.2 Å². The summed E-state index contributed by atoms with van der Waals surface area (Å²) < 4.78 is 18.4. The van der Waals surface area contributed by atoms with E-state index in [1.54, 1.807) is 7.11 Å². The van der Waals surface area contributed by atoms with Crippen LogP contribution in [-0.2, 0) is 0 Å². The van der Waals surface area contributed by atoms with Crippen LogP contribution in [0.2, 0.25) is 0 Å². The van der Waals surface area contributed by atoms with Crippen molar-refractivity contribution >= 4 is 27.4 Å². The first-order valence-electron chi connectivity index (χ1n) is 9.34. The molecular formula is C22H22O5S. The predicted molar refractivity (Wildman–Crippen MR) is 109 cm³/mol. The van der Waals surface area contributed by atoms with Crippen LogP contribution >= 0.6 is 11.3 Å². The maximum absolute atomic E-state index is 11.8. The molecule has 1 aliphatic rings. The molecule has 1 aliphatic carbocycles. The van der Waals surface area contributed by atoms with E-state index in [0.717, 1.165) is 34.2 Å². The van der Waals surface area contributed by atoms with Gasteiger partial charge in [-0.05, 0) is 62.4 Å². The molecule has 2 aromatic carbocycles. The normalized spacial score (nSPS) is 14.4. The minimum Gasteiger partial charge on any atom is -0.496 e. The van der Waals surface area contributed by atoms with Crippen LogP contribution in [0.15, 0.2) is 36.4 Å². The van der Waals surface area contributed by atoms with E-state index in [1.165, 1.54) is 24.2 Å². The van der Waals surface area contributed by atoms with Crippen LogP contribution in [0.4, 0.5) is 0 Å². The van der Waals surface area contributed by atoms with Gasteiger partial charge in [0.05, 0.1) is 13.2 Å². The van der Waals surface area contributed by atoms with Gasteiger partial charge in [0.15, 0.2) is 10.6 Å². The van der Waals surface area contributed by atoms with E-state index in [1.807, 2.05) is 43.3 Å². The summed E-state index contributed by atoms with van der Waals surface area (Å²) in [6.45, 7) is 1.93. The Kier molecular flexibility index (Phi) is 5.13. The lowest BCUT2D eigenvalue weighted by atomic mass is 10.1. The molecule has 0 spiro atoms. The van der Waals surface area contributed by atoms with Crippen LogP contribution in [-0.4, -0.2) is 24.3 Å². The molecular weight excluding hydrogens is 376 g/mol. The fourth-order valence-corrected chi connectivity index (χ4v) is 4.64. The van der Waals surface area contributed by atoms with Gasteiger partial charge in [0.1, 0.15) is 17.2 Å². The van der Waals surface area contributed by atoms with Crippen LogP contribution in [0.3, 0.4) is 0 Å². The lowest BCUT2D eigenvalue weighted by molar-refractivity contribution is 0.0700. The summed E-state index contributed by atoms with van der Waals surface area (Å²) in [6.07, 6.45) is 4.79. The third-order valence-electron chi connectivity index (χ3n) is 4.98. The molecule has 1 fully saturated rings. The van der Waals surface area contributed by atoms with Gasteiger partial charge < -0.3 is 19.3 Å². The standard InChI is InChI=1S/C22H22O5S/c1-13-10-19-17(12-18(13)25-2)20(21(28-19)22(23)24)27-16-9-5-8-15(11-16)26-14-6-3-4-7-14/h5,8-12,14H,3-4,6-7H2,1-2H3,(H,23,24). The van der Waals surface area contributed by atoms with Gasteiger partial charge in [-0.1, -0.05) is 6.07 Å². The highest BCUT2D eigenvalue weighted by atomic mass is 32.1. The van der Waals surface area contributed by atoms with Gasteiger partial charge in [0.2, 0.25) is 0 Å². The van der Waals surface area contributed by atoms with Gasteiger partial charge >= 0.3 is 5.97 Å². The number of hydrogen-bond donors (Lipinski definition) is 1. The average molecular weight is 398 g/mol. The highest BCUT2D eigenvalue weighted by Gasteiger charge is 2.22. The van der Waals surface area contributed by atoms with Crippen LogP contribution in [0.1, 0.15) is 40.9 Å². The number of rotatable bonds is 6. The Bertz CT molecular complexity index is 1020. The lowest BCUT2D eigenvalue weighted by Gasteiger charge is -2.14. The largest absolute Gasteiger partial charge is 0.496 e. The van der Waals surface area contributed by atoms with Gasteiger partial charge in [-0.15, -0.1) is 11.3 Å². The Morgan fingerprint density at radius 1 is 1.14 bits per heavy atom. The van der Waals surface area contributed by atoms with E-state index < -0.39 is 5.97 Å². The summed E-state index contributed by atoms with van der Waals surface area (Å²) in [5.41, 5.74) is 0.951. The van der Waals surface area contributed by atoms with Crippen molar-refractivity contribution in [1.29, 1.82) is 0 Å². The third kappa shape index (κ3) is 3.64. The van der Waals surface area contributed by atoms with E-state index >= 15 is 0 Å². The summed E-state index contributed by atoms with van der Waals surface area (Å²) in [6, 6.07) is 11.2. The van der Waals surface area contributed by atoms with Crippen molar-refractivity contribution < 1.29 is 24.1 Å². The van der Waals surface area contributed by atoms with Crippen molar-refractivity contribution in [3.05, 3.63) is 46.8 Å². The number of aromatic carboxylic acids is 1. The zero-order chi connectivity index (χ0) is 19.7. The molecule has 0 radical (unpaired) electrons. The first-order valence-corrected chi connectivity index (χ1v) is 10.2. The highest BCUT2D eigenvalue weighted by molar-refractivity contribution is 7.21. The van der Waals surface area contributed by atoms with E-state index in [0.29, 0.717) is 17.2 Å². The molecule has 4 rings (SSSR count). The fraction of sp³-hybridized carbons (Fsp3) is 0.318. The molecule has 1 aromatic heterocycles. The molecule has 1 saturated carbocycles. The second kappa shape index (κ2) is 7.72. The van der Waals surface area contributed by atoms with Crippen molar-refractivity contribution in [2.75, 3.05) is 7.11 Å². The van der Waals surface area contributed by atoms with Gasteiger partial charge in [-0.3, -0.25) is 0 Å². The maximum atomic E-state index is 11.8. The molecule has 0 aliphatic heterocycles. The summed E-state index contributed by atoms with van der Waals surface area (Å²) in [7, 11) is 1.60. The molecule has 28 heavy (non-hydrogen) atoms. The Balaban J connectivity index is 1.70. The van der Waals surface area contributed by atoms with Crippen molar-refractivity contribution in [3.63, 3.8) is 0 Å². The van der Waals surface area contributed by atoms with Crippen LogP contribution in [0.25, 0.3) is 10.1 Å². The Morgan fingerprint density at radius 2 is 1.89 bits per heavy atom. The number of aryl methyl sites for hydroxylation is 1. The molecule has 0 bridgehead atoms. The highest BCUT2D eigenvalue weighted by Crippen LogP contribution is 2.43. The van der Waals surface area contributed by atoms with Crippen molar-refractivity contribution in [1.82, 2.24) is 0 Å². The monoisotopic (exact) mass is 398 g/mol. The molecule has 0 saturated heterocycles. The first kappa shape index (κ1) is 18.6. The Morgan fingerprint density at radius 3 is 2.61 bits per heavy atom. The molecule has 1 heterocycles. The molecule has 6 heteroatoms. The number of benzene rings is 2. The van der Waals surface area contributed by atoms with E-state index in [9.17, 15) is 9.90 Å². The predicted octanol–water partition coefficient (Wildman–Crippen LogP) is 6.03. The quantitative estimate of drug-likeness (QED) is 0.549. The van der Waals surface area contributed by atoms with Gasteiger partial charge in [-0.25, -0.2) is 4.79 Å². The number of thiophene rings is 1. The van der Waals surface area contributed by atoms with Crippen LogP contribution < -0.4 is 14.2 Å². The first-order chi connectivity index (χ1) is 13.5. The number of carboxylic acids is 1. The number of fused-ring (bicyclic) bond motifs is 1. The van der Waals surface area contributed by atoms with Gasteiger partial charge in [0.25, 0.3) is 0 Å². The number of methoxy groups -OCH3 is 1. The van der Waals surface area contributed by atoms with Crippen LogP contribution in [0, 0.1) is 6.92 Å². The van der Waals surface area contributed by atoms with E-state index in [-0.39, 0.29) is 11.0 Å². The molecule has 146 valence electrons. The van der Waals surface area contributed by atoms with E-state index in [4.69, 9.17) is 14.2 Å². The topological polar surface area (TPSA) is 65.0 Å². The Labute approximate surface area is 167 Å². The maximum Gasteiger partial charge on any atom is 0.349 e. The van der Waals surface area contributed by atoms with Crippen molar-refractivity contribution in [2.24, 2.45) is 0 Å². The third-order valence-corrected chi connectivity index (χ3v) is 6.11. The lowest BCUT2D eigenvalue weighted by Crippen LogP contribution is -2.10. The average Bonchev–Trinajstić information content (AvgIpc) is 3.29. The molecule has 3 aromatic rings. The minimum atomic E-state index is -1.01. The summed E-state index contributed by atoms with van der Waals surface area (Å²) in [5.74, 6) is 1.33. The second-order valence-corrected chi connectivity index (χ2v) is 8.04. The molecule has 0 atom stereocenters. The molecule has 5 nitrogen and oxygen atoms in total. The zero-order valence-corrected chi connectivity index (χ0v) is 16.7. The van der Waals surface area contributed by atoms with Crippen molar-refractivity contribution in [2.45, 2.75) is 38.7 Å². The summed E-state index contributed by atoms with van der Waals surface area (Å²) in [5, 5.41) is 10.4. The fourth-order valence-electron chi connectivity index (χ4n) is 3.59. The molecule has 0 unspecified atom stereocenters. The van der Waals surface area contributed by atoms with E-state index in [2.05, 4.69) is 0 Å². The van der Waals surface area contributed by atoms with Crippen LogP contribution in [0.5, 0.6) is 23.0 Å².